The van der Waals surface area contributed by atoms with Crippen LogP contribution in [0.25, 0.3) is 0 Å². The van der Waals surface area contributed by atoms with Gasteiger partial charge in [0.05, 0.1) is 0 Å². The van der Waals surface area contributed by atoms with Gasteiger partial charge in [0.1, 0.15) is 0 Å². The molecule has 1 fully saturated rings. The lowest BCUT2D eigenvalue weighted by atomic mass is 10.2. The highest BCUT2D eigenvalue weighted by molar-refractivity contribution is 7.81. The van der Waals surface area contributed by atoms with E-state index >= 15 is 0 Å². The summed E-state index contributed by atoms with van der Waals surface area (Å²) in [6.45, 7) is 5.97. The molecule has 0 bridgehead atoms. The Labute approximate surface area is 69.2 Å². The summed E-state index contributed by atoms with van der Waals surface area (Å²) in [5.41, 5.74) is 0. The fraction of sp³-hybridized carbons (Fsp3) is 1.00. The van der Waals surface area contributed by atoms with Gasteiger partial charge < -0.3 is 4.90 Å². The zero-order valence-electron chi connectivity index (χ0n) is 6.71. The number of nitrogens with zero attached hydrogens (tertiary/aromatic N) is 1. The lowest BCUT2D eigenvalue weighted by Gasteiger charge is -2.36. The monoisotopic (exact) mass is 159 g/mol. The van der Waals surface area contributed by atoms with Gasteiger partial charge in [-0.2, -0.15) is 12.6 Å². The zero-order valence-corrected chi connectivity index (χ0v) is 7.61. The Hall–Kier alpha value is 0.310. The molecule has 60 valence electrons. The third-order valence-electron chi connectivity index (χ3n) is 2.02. The second-order valence-electron chi connectivity index (χ2n) is 3.12. The van der Waals surface area contributed by atoms with E-state index in [1.807, 2.05) is 0 Å². The summed E-state index contributed by atoms with van der Waals surface area (Å²) in [7, 11) is 0. The summed E-state index contributed by atoms with van der Waals surface area (Å²) in [6, 6.07) is 0. The highest BCUT2D eigenvalue weighted by Gasteiger charge is 2.21. The van der Waals surface area contributed by atoms with Crippen molar-refractivity contribution in [3.05, 3.63) is 0 Å². The van der Waals surface area contributed by atoms with E-state index in [4.69, 9.17) is 0 Å². The van der Waals surface area contributed by atoms with Gasteiger partial charge in [0.25, 0.3) is 0 Å². The van der Waals surface area contributed by atoms with Crippen molar-refractivity contribution in [2.45, 2.75) is 31.4 Å². The predicted molar refractivity (Wildman–Crippen MR) is 48.7 cm³/mol. The van der Waals surface area contributed by atoms with E-state index in [-0.39, 0.29) is 0 Å². The molecule has 2 heteroatoms. The van der Waals surface area contributed by atoms with E-state index in [0.29, 0.717) is 5.25 Å². The molecule has 0 unspecified atom stereocenters. The average molecular weight is 159 g/mol. The van der Waals surface area contributed by atoms with Crippen LogP contribution in [0.5, 0.6) is 0 Å². The van der Waals surface area contributed by atoms with Crippen molar-refractivity contribution in [3.8, 4) is 0 Å². The number of unbranched alkanes of at least 4 members (excludes halogenated alkanes) is 2. The Morgan fingerprint density at radius 3 is 2.60 bits per heavy atom. The topological polar surface area (TPSA) is 3.24 Å². The van der Waals surface area contributed by atoms with Crippen LogP contribution < -0.4 is 0 Å². The fourth-order valence-corrected chi connectivity index (χ4v) is 1.77. The molecule has 10 heavy (non-hydrogen) atoms. The van der Waals surface area contributed by atoms with Crippen LogP contribution in [0.4, 0.5) is 0 Å². The molecule has 0 N–H and O–H groups in total. The van der Waals surface area contributed by atoms with Crippen molar-refractivity contribution in [2.24, 2.45) is 0 Å². The fourth-order valence-electron chi connectivity index (χ4n) is 1.31. The highest BCUT2D eigenvalue weighted by atomic mass is 32.1. The van der Waals surface area contributed by atoms with Crippen molar-refractivity contribution in [2.75, 3.05) is 19.6 Å². The first-order chi connectivity index (χ1) is 4.83. The second-order valence-corrected chi connectivity index (χ2v) is 3.85. The minimum atomic E-state index is 0.668. The summed E-state index contributed by atoms with van der Waals surface area (Å²) >= 11 is 4.35. The third-order valence-corrected chi connectivity index (χ3v) is 2.34. The Balaban J connectivity index is 1.86. The number of likely N-dealkylation sites (tertiary alicyclic amines) is 1. The first kappa shape index (κ1) is 8.41. The van der Waals surface area contributed by atoms with Crippen molar-refractivity contribution in [1.29, 1.82) is 0 Å². The SMILES string of the molecule is CCCCCN1CC(S)C1. The number of thiol groups is 1. The van der Waals surface area contributed by atoms with E-state index in [1.54, 1.807) is 0 Å². The zero-order chi connectivity index (χ0) is 7.40. The largest absolute Gasteiger partial charge is 0.301 e. The van der Waals surface area contributed by atoms with Gasteiger partial charge in [-0.1, -0.05) is 19.8 Å². The van der Waals surface area contributed by atoms with Crippen LogP contribution in [0.15, 0.2) is 0 Å². The predicted octanol–water partition coefficient (Wildman–Crippen LogP) is 1.79. The van der Waals surface area contributed by atoms with Crippen molar-refractivity contribution < 1.29 is 0 Å². The summed E-state index contributed by atoms with van der Waals surface area (Å²) in [6.07, 6.45) is 4.09. The third kappa shape index (κ3) is 2.51. The molecule has 1 saturated heterocycles. The molecule has 1 rings (SSSR count). The minimum absolute atomic E-state index is 0.668. The van der Waals surface area contributed by atoms with E-state index < -0.39 is 0 Å². The van der Waals surface area contributed by atoms with Crippen LogP contribution in [0.3, 0.4) is 0 Å². The van der Waals surface area contributed by atoms with Crippen LogP contribution >= 0.6 is 12.6 Å². The molecule has 1 aliphatic rings. The summed E-state index contributed by atoms with van der Waals surface area (Å²) in [4.78, 5) is 2.48. The second kappa shape index (κ2) is 4.24. The van der Waals surface area contributed by atoms with Gasteiger partial charge in [0.2, 0.25) is 0 Å². The molecule has 0 aromatic carbocycles. The normalized spacial score (nSPS) is 21.0. The molecule has 1 aliphatic heterocycles. The Kier molecular flexibility index (Phi) is 3.57. The highest BCUT2D eigenvalue weighted by Crippen LogP contribution is 2.13. The molecule has 1 nitrogen and oxygen atoms in total. The maximum absolute atomic E-state index is 4.35. The van der Waals surface area contributed by atoms with Crippen LogP contribution in [-0.2, 0) is 0 Å². The Morgan fingerprint density at radius 2 is 2.10 bits per heavy atom. The molecule has 0 saturated carbocycles. The van der Waals surface area contributed by atoms with Gasteiger partial charge in [-0.05, 0) is 13.0 Å². The van der Waals surface area contributed by atoms with E-state index in [1.165, 1.54) is 38.9 Å². The first-order valence-corrected chi connectivity index (χ1v) is 4.75. The number of hydrogen-bond donors (Lipinski definition) is 1. The number of hydrogen-bond acceptors (Lipinski definition) is 2. The molecule has 0 aromatic rings. The van der Waals surface area contributed by atoms with Gasteiger partial charge in [-0.3, -0.25) is 0 Å². The molecular formula is C8H17NS. The lowest BCUT2D eigenvalue weighted by molar-refractivity contribution is 0.188. The van der Waals surface area contributed by atoms with Crippen LogP contribution in [0.1, 0.15) is 26.2 Å². The standard InChI is InChI=1S/C8H17NS/c1-2-3-4-5-9-6-8(10)7-9/h8,10H,2-7H2,1H3. The van der Waals surface area contributed by atoms with Crippen LogP contribution in [0, 0.1) is 0 Å². The Morgan fingerprint density at radius 1 is 1.40 bits per heavy atom. The van der Waals surface area contributed by atoms with Gasteiger partial charge in [-0.25, -0.2) is 0 Å². The minimum Gasteiger partial charge on any atom is -0.301 e. The molecule has 0 aliphatic carbocycles. The molecule has 0 amide bonds. The summed E-state index contributed by atoms with van der Waals surface area (Å²) in [5, 5.41) is 0.668. The van der Waals surface area contributed by atoms with Crippen molar-refractivity contribution >= 4 is 12.6 Å². The molecule has 0 radical (unpaired) electrons. The van der Waals surface area contributed by atoms with Crippen molar-refractivity contribution in [1.82, 2.24) is 4.90 Å². The summed E-state index contributed by atoms with van der Waals surface area (Å²) in [5.74, 6) is 0. The average Bonchev–Trinajstić information content (AvgIpc) is 1.85. The molecule has 0 atom stereocenters. The molecule has 0 spiro atoms. The van der Waals surface area contributed by atoms with Gasteiger partial charge in [0.15, 0.2) is 0 Å². The van der Waals surface area contributed by atoms with Crippen LogP contribution in [-0.4, -0.2) is 29.8 Å². The molecular weight excluding hydrogens is 142 g/mol. The van der Waals surface area contributed by atoms with E-state index in [2.05, 4.69) is 24.5 Å². The van der Waals surface area contributed by atoms with Crippen molar-refractivity contribution in [3.63, 3.8) is 0 Å². The smallest absolute Gasteiger partial charge is 0.0272 e. The van der Waals surface area contributed by atoms with E-state index in [9.17, 15) is 0 Å². The summed E-state index contributed by atoms with van der Waals surface area (Å²) < 4.78 is 0. The van der Waals surface area contributed by atoms with Crippen LogP contribution in [0.2, 0.25) is 0 Å². The Bertz CT molecular complexity index is 89.3. The maximum atomic E-state index is 4.35. The first-order valence-electron chi connectivity index (χ1n) is 4.23. The van der Waals surface area contributed by atoms with Gasteiger partial charge >= 0.3 is 0 Å². The quantitative estimate of drug-likeness (QED) is 0.483. The van der Waals surface area contributed by atoms with Gasteiger partial charge in [0, 0.05) is 18.3 Å². The van der Waals surface area contributed by atoms with Gasteiger partial charge in [-0.15, -0.1) is 0 Å². The lowest BCUT2D eigenvalue weighted by Crippen LogP contribution is -2.47. The molecule has 1 heterocycles. The maximum Gasteiger partial charge on any atom is 0.0272 e. The molecule has 0 aromatic heterocycles. The number of rotatable bonds is 4. The van der Waals surface area contributed by atoms with E-state index in [0.717, 1.165) is 0 Å².